The van der Waals surface area contributed by atoms with E-state index in [1.165, 1.54) is 12.8 Å². The first kappa shape index (κ1) is 23.6. The molecule has 4 aromatic heterocycles. The first-order valence-electron chi connectivity index (χ1n) is 13.3. The highest BCUT2D eigenvalue weighted by Gasteiger charge is 2.25. The van der Waals surface area contributed by atoms with Gasteiger partial charge in [0.15, 0.2) is 11.5 Å². The predicted molar refractivity (Wildman–Crippen MR) is 139 cm³/mol. The number of aliphatic hydroxyl groups excluding tert-OH is 1. The number of rotatable bonds is 7. The van der Waals surface area contributed by atoms with Crippen LogP contribution in [0, 0.1) is 17.2 Å². The van der Waals surface area contributed by atoms with Crippen LogP contribution in [0.15, 0.2) is 36.9 Å². The summed E-state index contributed by atoms with van der Waals surface area (Å²) in [6.45, 7) is 0.274. The molecule has 37 heavy (non-hydrogen) atoms. The van der Waals surface area contributed by atoms with Crippen molar-refractivity contribution in [1.29, 1.82) is 5.26 Å². The van der Waals surface area contributed by atoms with E-state index < -0.39 is 0 Å². The van der Waals surface area contributed by atoms with Crippen molar-refractivity contribution in [3.8, 4) is 17.6 Å². The van der Waals surface area contributed by atoms with Gasteiger partial charge in [-0.2, -0.15) is 15.0 Å². The summed E-state index contributed by atoms with van der Waals surface area (Å²) in [6.07, 6.45) is 17.2. The smallest absolute Gasteiger partial charge is 0.164 e. The molecule has 0 aromatic carbocycles. The molecule has 0 atom stereocenters. The molecule has 2 saturated carbocycles. The van der Waals surface area contributed by atoms with Gasteiger partial charge in [-0.3, -0.25) is 0 Å². The Labute approximate surface area is 215 Å². The fraction of sp³-hybridized carbons (Fsp3) is 0.481. The Hall–Kier alpha value is -3.84. The average molecular weight is 498 g/mol. The van der Waals surface area contributed by atoms with Crippen LogP contribution in [0.5, 0.6) is 0 Å². The quantitative estimate of drug-likeness (QED) is 0.387. The number of aliphatic hydroxyl groups is 1. The summed E-state index contributed by atoms with van der Waals surface area (Å²) < 4.78 is 3.54. The van der Waals surface area contributed by atoms with E-state index in [9.17, 15) is 10.4 Å². The Balaban J connectivity index is 1.31. The first-order chi connectivity index (χ1) is 18.2. The van der Waals surface area contributed by atoms with Crippen LogP contribution in [0.4, 0.5) is 5.69 Å². The maximum Gasteiger partial charge on any atom is 0.164 e. The molecule has 0 aliphatic heterocycles. The van der Waals surface area contributed by atoms with Crippen molar-refractivity contribution < 1.29 is 5.11 Å². The van der Waals surface area contributed by atoms with Gasteiger partial charge in [-0.15, -0.1) is 5.10 Å². The Morgan fingerprint density at radius 1 is 1.03 bits per heavy atom. The molecule has 10 nitrogen and oxygen atoms in total. The second kappa shape index (κ2) is 10.3. The molecule has 0 unspecified atom stereocenters. The van der Waals surface area contributed by atoms with Gasteiger partial charge in [0.1, 0.15) is 11.8 Å². The monoisotopic (exact) mass is 497 g/mol. The Morgan fingerprint density at radius 3 is 2.65 bits per heavy atom. The van der Waals surface area contributed by atoms with Gasteiger partial charge in [0, 0.05) is 36.2 Å². The van der Waals surface area contributed by atoms with Crippen LogP contribution in [-0.4, -0.2) is 52.5 Å². The van der Waals surface area contributed by atoms with Crippen LogP contribution in [0.2, 0.25) is 0 Å². The van der Waals surface area contributed by atoms with E-state index in [4.69, 9.17) is 4.98 Å². The van der Waals surface area contributed by atoms with E-state index in [-0.39, 0.29) is 6.61 Å². The highest BCUT2D eigenvalue weighted by molar-refractivity contribution is 5.77. The minimum Gasteiger partial charge on any atom is -0.396 e. The Bertz CT molecular complexity index is 1420. The fourth-order valence-electron chi connectivity index (χ4n) is 5.80. The standard InChI is InChI=1S/C27H31N9O/c28-13-19-11-21-15-31-36(27(21)30-14-19)26-12-23(32-22-3-1-2-4-22)25(16-29-26)35-17-24(33-34-35)20-7-5-18(6-8-20)9-10-37/h11-12,14-18,20,22,37H,1-10H2,(H,29,32). The Morgan fingerprint density at radius 2 is 1.86 bits per heavy atom. The van der Waals surface area contributed by atoms with Crippen LogP contribution >= 0.6 is 0 Å². The van der Waals surface area contributed by atoms with Gasteiger partial charge < -0.3 is 10.4 Å². The van der Waals surface area contributed by atoms with Gasteiger partial charge in [-0.05, 0) is 56.9 Å². The van der Waals surface area contributed by atoms with E-state index in [1.54, 1.807) is 23.1 Å². The number of anilines is 1. The molecule has 2 N–H and O–H groups in total. The summed E-state index contributed by atoms with van der Waals surface area (Å²) in [5.41, 5.74) is 3.99. The van der Waals surface area contributed by atoms with E-state index >= 15 is 0 Å². The number of nitrogens with zero attached hydrogens (tertiary/aromatic N) is 8. The maximum absolute atomic E-state index is 9.25. The summed E-state index contributed by atoms with van der Waals surface area (Å²) in [5.74, 6) is 1.68. The molecular formula is C27H31N9O. The molecule has 4 heterocycles. The SMILES string of the molecule is N#Cc1cnc2c(cnn2-c2cc(NC3CCCC3)c(-n3cc(C4CCC(CCO)CC4)nn3)cn2)c1. The molecule has 4 aromatic rings. The summed E-state index contributed by atoms with van der Waals surface area (Å²) >= 11 is 0. The minimum atomic E-state index is 0.274. The molecule has 6 rings (SSSR count). The molecular weight excluding hydrogens is 466 g/mol. The topological polar surface area (TPSA) is 130 Å². The highest BCUT2D eigenvalue weighted by atomic mass is 16.3. The third-order valence-electron chi connectivity index (χ3n) is 7.90. The normalized spacial score (nSPS) is 20.3. The molecule has 190 valence electrons. The molecule has 2 fully saturated rings. The molecule has 0 spiro atoms. The second-order valence-electron chi connectivity index (χ2n) is 10.3. The van der Waals surface area contributed by atoms with Gasteiger partial charge in [0.05, 0.1) is 35.5 Å². The zero-order valence-electron chi connectivity index (χ0n) is 20.8. The summed E-state index contributed by atoms with van der Waals surface area (Å²) in [6, 6.07) is 6.32. The van der Waals surface area contributed by atoms with Gasteiger partial charge in [-0.1, -0.05) is 18.1 Å². The number of aromatic nitrogens is 7. The lowest BCUT2D eigenvalue weighted by molar-refractivity contribution is 0.221. The third kappa shape index (κ3) is 4.79. The summed E-state index contributed by atoms with van der Waals surface area (Å²) in [5, 5.41) is 36.5. The predicted octanol–water partition coefficient (Wildman–Crippen LogP) is 4.28. The summed E-state index contributed by atoms with van der Waals surface area (Å²) in [4.78, 5) is 9.17. The van der Waals surface area contributed by atoms with Gasteiger partial charge in [0.25, 0.3) is 0 Å². The Kier molecular flexibility index (Phi) is 6.53. The zero-order valence-corrected chi connectivity index (χ0v) is 20.8. The molecule has 0 radical (unpaired) electrons. The molecule has 0 bridgehead atoms. The van der Waals surface area contributed by atoms with Crippen LogP contribution in [-0.2, 0) is 0 Å². The minimum absolute atomic E-state index is 0.274. The van der Waals surface area contributed by atoms with Crippen molar-refractivity contribution in [2.75, 3.05) is 11.9 Å². The lowest BCUT2D eigenvalue weighted by Gasteiger charge is -2.26. The van der Waals surface area contributed by atoms with Crippen molar-refractivity contribution in [2.45, 2.75) is 69.7 Å². The van der Waals surface area contributed by atoms with Gasteiger partial charge in [-0.25, -0.2) is 14.6 Å². The first-order valence-corrected chi connectivity index (χ1v) is 13.3. The maximum atomic E-state index is 9.25. The van der Waals surface area contributed by atoms with E-state index in [0.29, 0.717) is 34.9 Å². The van der Waals surface area contributed by atoms with Crippen molar-refractivity contribution in [1.82, 2.24) is 34.7 Å². The van der Waals surface area contributed by atoms with Gasteiger partial charge >= 0.3 is 0 Å². The third-order valence-corrected chi connectivity index (χ3v) is 7.90. The number of pyridine rings is 2. The fourth-order valence-corrected chi connectivity index (χ4v) is 5.80. The van der Waals surface area contributed by atoms with E-state index in [1.807, 2.05) is 23.1 Å². The zero-order chi connectivity index (χ0) is 25.2. The average Bonchev–Trinajstić information content (AvgIpc) is 3.70. The van der Waals surface area contributed by atoms with Crippen LogP contribution < -0.4 is 5.32 Å². The molecule has 0 saturated heterocycles. The molecule has 0 amide bonds. The highest BCUT2D eigenvalue weighted by Crippen LogP contribution is 2.36. The van der Waals surface area contributed by atoms with E-state index in [0.717, 1.165) is 67.4 Å². The van der Waals surface area contributed by atoms with Crippen LogP contribution in [0.1, 0.15) is 75.0 Å². The summed E-state index contributed by atoms with van der Waals surface area (Å²) in [7, 11) is 0. The van der Waals surface area contributed by atoms with Crippen LogP contribution in [0.25, 0.3) is 22.5 Å². The van der Waals surface area contributed by atoms with Crippen molar-refractivity contribution in [3.63, 3.8) is 0 Å². The lowest BCUT2D eigenvalue weighted by atomic mass is 9.79. The van der Waals surface area contributed by atoms with Gasteiger partial charge in [0.2, 0.25) is 0 Å². The number of nitrogens with one attached hydrogen (secondary N) is 1. The van der Waals surface area contributed by atoms with Crippen molar-refractivity contribution >= 4 is 16.7 Å². The lowest BCUT2D eigenvalue weighted by Crippen LogP contribution is -2.17. The number of nitriles is 1. The number of hydrogen-bond donors (Lipinski definition) is 2. The van der Waals surface area contributed by atoms with Crippen molar-refractivity contribution in [2.24, 2.45) is 5.92 Å². The molecule has 2 aliphatic carbocycles. The molecule has 2 aliphatic rings. The number of fused-ring (bicyclic) bond motifs is 1. The van der Waals surface area contributed by atoms with Crippen molar-refractivity contribution in [3.05, 3.63) is 48.2 Å². The largest absolute Gasteiger partial charge is 0.396 e. The second-order valence-corrected chi connectivity index (χ2v) is 10.3. The van der Waals surface area contributed by atoms with E-state index in [2.05, 4.69) is 31.8 Å². The molecule has 10 heteroatoms. The van der Waals surface area contributed by atoms with Crippen LogP contribution in [0.3, 0.4) is 0 Å². The number of hydrogen-bond acceptors (Lipinski definition) is 8.